The summed E-state index contributed by atoms with van der Waals surface area (Å²) >= 11 is 0. The molecule has 24 heavy (non-hydrogen) atoms. The minimum absolute atomic E-state index is 0.0184. The number of rotatable bonds is 4. The van der Waals surface area contributed by atoms with Gasteiger partial charge in [0.15, 0.2) is 12.2 Å². The number of aromatic nitrogens is 2. The first-order valence-electron chi connectivity index (χ1n) is 8.09. The van der Waals surface area contributed by atoms with Crippen molar-refractivity contribution in [2.24, 2.45) is 0 Å². The lowest BCUT2D eigenvalue weighted by Gasteiger charge is -2.14. The molecule has 1 saturated heterocycles. The molecule has 1 fully saturated rings. The van der Waals surface area contributed by atoms with Gasteiger partial charge in [-0.05, 0) is 43.5 Å². The number of amides is 1. The number of anilines is 1. The lowest BCUT2D eigenvalue weighted by atomic mass is 10.1. The van der Waals surface area contributed by atoms with Crippen LogP contribution in [-0.4, -0.2) is 40.4 Å². The highest BCUT2D eigenvalue weighted by Gasteiger charge is 2.15. The SMILES string of the molecule is O=C(CN1CCCC1)Nc1cc2cc(-c3cnco3)ccc2cn1. The van der Waals surface area contributed by atoms with E-state index in [9.17, 15) is 4.79 Å². The molecule has 2 aromatic heterocycles. The van der Waals surface area contributed by atoms with Crippen molar-refractivity contribution in [2.45, 2.75) is 12.8 Å². The Morgan fingerprint density at radius 1 is 1.17 bits per heavy atom. The van der Waals surface area contributed by atoms with Crippen LogP contribution in [0.5, 0.6) is 0 Å². The number of hydrogen-bond acceptors (Lipinski definition) is 5. The zero-order chi connectivity index (χ0) is 16.4. The molecule has 0 saturated carbocycles. The number of pyridine rings is 1. The predicted octanol–water partition coefficient (Wildman–Crippen LogP) is 2.92. The van der Waals surface area contributed by atoms with Crippen molar-refractivity contribution < 1.29 is 9.21 Å². The maximum Gasteiger partial charge on any atom is 0.239 e. The molecule has 1 aliphatic rings. The molecule has 4 rings (SSSR count). The second-order valence-corrected chi connectivity index (χ2v) is 6.03. The van der Waals surface area contributed by atoms with Gasteiger partial charge in [0.05, 0.1) is 12.7 Å². The minimum Gasteiger partial charge on any atom is -0.444 e. The monoisotopic (exact) mass is 322 g/mol. The van der Waals surface area contributed by atoms with E-state index in [2.05, 4.69) is 20.2 Å². The number of fused-ring (bicyclic) bond motifs is 1. The third-order valence-electron chi connectivity index (χ3n) is 4.27. The van der Waals surface area contributed by atoms with Crippen LogP contribution in [-0.2, 0) is 4.79 Å². The first kappa shape index (κ1) is 14.8. The molecule has 0 bridgehead atoms. The Hall–Kier alpha value is -2.73. The van der Waals surface area contributed by atoms with Crippen LogP contribution in [0.15, 0.2) is 47.5 Å². The molecule has 1 aromatic carbocycles. The zero-order valence-electron chi connectivity index (χ0n) is 13.2. The molecule has 122 valence electrons. The van der Waals surface area contributed by atoms with Crippen LogP contribution >= 0.6 is 0 Å². The van der Waals surface area contributed by atoms with Crippen molar-refractivity contribution in [1.29, 1.82) is 0 Å². The summed E-state index contributed by atoms with van der Waals surface area (Å²) in [4.78, 5) is 22.6. The van der Waals surface area contributed by atoms with E-state index in [0.717, 1.165) is 29.4 Å². The molecule has 1 amide bonds. The first-order chi connectivity index (χ1) is 11.8. The maximum absolute atomic E-state index is 12.1. The largest absolute Gasteiger partial charge is 0.444 e. The Labute approximate surface area is 139 Å². The van der Waals surface area contributed by atoms with E-state index in [4.69, 9.17) is 4.42 Å². The van der Waals surface area contributed by atoms with Gasteiger partial charge in [0.2, 0.25) is 5.91 Å². The van der Waals surface area contributed by atoms with Crippen molar-refractivity contribution in [3.63, 3.8) is 0 Å². The summed E-state index contributed by atoms with van der Waals surface area (Å²) in [5.74, 6) is 1.27. The van der Waals surface area contributed by atoms with Crippen LogP contribution in [0.1, 0.15) is 12.8 Å². The Kier molecular flexibility index (Phi) is 3.96. The van der Waals surface area contributed by atoms with Crippen LogP contribution in [0.2, 0.25) is 0 Å². The number of benzene rings is 1. The van der Waals surface area contributed by atoms with Gasteiger partial charge >= 0.3 is 0 Å². The fourth-order valence-corrected chi connectivity index (χ4v) is 3.05. The molecule has 0 radical (unpaired) electrons. The fourth-order valence-electron chi connectivity index (χ4n) is 3.05. The van der Waals surface area contributed by atoms with Crippen molar-refractivity contribution in [3.8, 4) is 11.3 Å². The molecular formula is C18H18N4O2. The molecule has 0 aliphatic carbocycles. The standard InChI is InChI=1S/C18H18N4O2/c23-18(11-22-5-1-2-6-22)21-17-8-15-7-13(16-10-19-12-24-16)3-4-14(15)9-20-17/h3-4,7-10,12H,1-2,5-6,11H2,(H,20,21,23). The van der Waals surface area contributed by atoms with Crippen LogP contribution in [0.25, 0.3) is 22.1 Å². The highest BCUT2D eigenvalue weighted by atomic mass is 16.3. The van der Waals surface area contributed by atoms with Crippen LogP contribution < -0.4 is 5.32 Å². The molecule has 0 atom stereocenters. The van der Waals surface area contributed by atoms with Crippen molar-refractivity contribution in [3.05, 3.63) is 43.1 Å². The number of nitrogens with zero attached hydrogens (tertiary/aromatic N) is 3. The average molecular weight is 322 g/mol. The Morgan fingerprint density at radius 3 is 2.83 bits per heavy atom. The van der Waals surface area contributed by atoms with E-state index >= 15 is 0 Å². The van der Waals surface area contributed by atoms with Gasteiger partial charge < -0.3 is 9.73 Å². The Balaban J connectivity index is 1.54. The maximum atomic E-state index is 12.1. The van der Waals surface area contributed by atoms with E-state index in [-0.39, 0.29) is 5.91 Å². The molecular weight excluding hydrogens is 304 g/mol. The van der Waals surface area contributed by atoms with E-state index < -0.39 is 0 Å². The summed E-state index contributed by atoms with van der Waals surface area (Å²) in [5.41, 5.74) is 0.945. The molecule has 1 N–H and O–H groups in total. The van der Waals surface area contributed by atoms with Crippen LogP contribution in [0, 0.1) is 0 Å². The smallest absolute Gasteiger partial charge is 0.239 e. The average Bonchev–Trinajstić information content (AvgIpc) is 3.27. The summed E-state index contributed by atoms with van der Waals surface area (Å²) in [6, 6.07) is 7.84. The number of nitrogens with one attached hydrogen (secondary N) is 1. The normalized spacial score (nSPS) is 15.0. The van der Waals surface area contributed by atoms with Gasteiger partial charge in [-0.25, -0.2) is 9.97 Å². The van der Waals surface area contributed by atoms with Crippen molar-refractivity contribution >= 4 is 22.5 Å². The minimum atomic E-state index is -0.0184. The van der Waals surface area contributed by atoms with E-state index in [1.807, 2.05) is 24.3 Å². The van der Waals surface area contributed by atoms with E-state index in [1.54, 1.807) is 12.4 Å². The molecule has 0 unspecified atom stereocenters. The van der Waals surface area contributed by atoms with E-state index in [1.165, 1.54) is 19.2 Å². The summed E-state index contributed by atoms with van der Waals surface area (Å²) in [7, 11) is 0. The lowest BCUT2D eigenvalue weighted by Crippen LogP contribution is -2.31. The van der Waals surface area contributed by atoms with Gasteiger partial charge in [-0.2, -0.15) is 0 Å². The molecule has 0 spiro atoms. The van der Waals surface area contributed by atoms with Crippen LogP contribution in [0.4, 0.5) is 5.82 Å². The topological polar surface area (TPSA) is 71.3 Å². The van der Waals surface area contributed by atoms with Gasteiger partial charge in [-0.1, -0.05) is 12.1 Å². The number of oxazole rings is 1. The summed E-state index contributed by atoms with van der Waals surface area (Å²) in [6.07, 6.45) is 7.21. The van der Waals surface area contributed by atoms with Crippen molar-refractivity contribution in [2.75, 3.05) is 25.0 Å². The van der Waals surface area contributed by atoms with Crippen molar-refractivity contribution in [1.82, 2.24) is 14.9 Å². The quantitative estimate of drug-likeness (QED) is 0.799. The second kappa shape index (κ2) is 6.41. The van der Waals surface area contributed by atoms with Gasteiger partial charge in [0.1, 0.15) is 5.82 Å². The zero-order valence-corrected chi connectivity index (χ0v) is 13.2. The molecule has 1 aliphatic heterocycles. The summed E-state index contributed by atoms with van der Waals surface area (Å²) in [6.45, 7) is 2.43. The highest BCUT2D eigenvalue weighted by molar-refractivity contribution is 5.94. The number of likely N-dealkylation sites (tertiary alicyclic amines) is 1. The van der Waals surface area contributed by atoms with Gasteiger partial charge in [-0.3, -0.25) is 9.69 Å². The molecule has 6 heteroatoms. The van der Waals surface area contributed by atoms with Crippen LogP contribution in [0.3, 0.4) is 0 Å². The Morgan fingerprint density at radius 2 is 2.04 bits per heavy atom. The summed E-state index contributed by atoms with van der Waals surface area (Å²) < 4.78 is 5.34. The predicted molar refractivity (Wildman–Crippen MR) is 91.5 cm³/mol. The second-order valence-electron chi connectivity index (χ2n) is 6.03. The lowest BCUT2D eigenvalue weighted by molar-refractivity contribution is -0.117. The third-order valence-corrected chi connectivity index (χ3v) is 4.27. The fraction of sp³-hybridized carbons (Fsp3) is 0.278. The van der Waals surface area contributed by atoms with Gasteiger partial charge in [0.25, 0.3) is 0 Å². The number of hydrogen-bond donors (Lipinski definition) is 1. The Bertz CT molecular complexity index is 855. The van der Waals surface area contributed by atoms with Gasteiger partial charge in [0, 0.05) is 17.1 Å². The number of carbonyl (C=O) groups excluding carboxylic acids is 1. The molecule has 3 aromatic rings. The first-order valence-corrected chi connectivity index (χ1v) is 8.09. The number of carbonyl (C=O) groups is 1. The highest BCUT2D eigenvalue weighted by Crippen LogP contribution is 2.25. The summed E-state index contributed by atoms with van der Waals surface area (Å²) in [5, 5.41) is 4.89. The van der Waals surface area contributed by atoms with E-state index in [0.29, 0.717) is 18.1 Å². The molecule has 6 nitrogen and oxygen atoms in total. The van der Waals surface area contributed by atoms with Gasteiger partial charge in [-0.15, -0.1) is 0 Å². The molecule has 3 heterocycles. The third kappa shape index (κ3) is 3.14.